The summed E-state index contributed by atoms with van der Waals surface area (Å²) in [6.07, 6.45) is 3.91. The van der Waals surface area contributed by atoms with E-state index in [0.29, 0.717) is 16.8 Å². The van der Waals surface area contributed by atoms with E-state index in [1.54, 1.807) is 30.5 Å². The largest absolute Gasteiger partial charge is 0.478 e. The average molecular weight is 401 g/mol. The van der Waals surface area contributed by atoms with E-state index in [1.807, 2.05) is 30.3 Å². The van der Waals surface area contributed by atoms with E-state index >= 15 is 0 Å². The maximum atomic E-state index is 12.5. The molecule has 152 valence electrons. The Morgan fingerprint density at radius 3 is 2.67 bits per heavy atom. The van der Waals surface area contributed by atoms with Crippen LogP contribution in [0, 0.1) is 5.41 Å². The zero-order valence-corrected chi connectivity index (χ0v) is 16.8. The van der Waals surface area contributed by atoms with Crippen LogP contribution in [0.1, 0.15) is 51.7 Å². The summed E-state index contributed by atoms with van der Waals surface area (Å²) in [5, 5.41) is 15.8. The van der Waals surface area contributed by atoms with Gasteiger partial charge in [0.1, 0.15) is 0 Å². The molecule has 0 fully saturated rings. The number of aromatic carboxylic acids is 1. The molecule has 1 unspecified atom stereocenters. The standard InChI is InChI=1S/C24H23N3O3/c1-24(2)13-18-11-16(23(29)30)8-9-20(18)27-21(24)15-5-3-7-19(12-15)26-22(28)17-6-4-10-25-14-17/h3-12,14,21,27H,13H2,1-2H3,(H,26,28)(H,29,30). The first-order chi connectivity index (χ1) is 14.3. The van der Waals surface area contributed by atoms with Crippen LogP contribution in [0.5, 0.6) is 0 Å². The SMILES string of the molecule is CC1(C)Cc2cc(C(=O)O)ccc2NC1c1cccc(NC(=O)c2cccnc2)c1. The van der Waals surface area contributed by atoms with Crippen molar-refractivity contribution in [3.05, 3.63) is 89.2 Å². The van der Waals surface area contributed by atoms with E-state index in [4.69, 9.17) is 0 Å². The molecule has 3 N–H and O–H groups in total. The second-order valence-electron chi connectivity index (χ2n) is 8.24. The fraction of sp³-hybridized carbons (Fsp3) is 0.208. The molecule has 3 aromatic rings. The lowest BCUT2D eigenvalue weighted by atomic mass is 9.72. The number of pyridine rings is 1. The minimum absolute atomic E-state index is 0.0101. The van der Waals surface area contributed by atoms with Crippen LogP contribution in [-0.2, 0) is 6.42 Å². The number of fused-ring (bicyclic) bond motifs is 1. The molecular weight excluding hydrogens is 378 g/mol. The second kappa shape index (κ2) is 7.63. The molecular formula is C24H23N3O3. The molecule has 1 amide bonds. The molecule has 6 nitrogen and oxygen atoms in total. The van der Waals surface area contributed by atoms with Gasteiger partial charge in [-0.3, -0.25) is 9.78 Å². The van der Waals surface area contributed by atoms with E-state index in [9.17, 15) is 14.7 Å². The first kappa shape index (κ1) is 19.6. The fourth-order valence-corrected chi connectivity index (χ4v) is 3.99. The predicted molar refractivity (Wildman–Crippen MR) is 116 cm³/mol. The molecule has 1 aromatic heterocycles. The number of nitrogens with one attached hydrogen (secondary N) is 2. The number of hydrogen-bond acceptors (Lipinski definition) is 4. The minimum atomic E-state index is -0.921. The van der Waals surface area contributed by atoms with E-state index in [0.717, 1.165) is 23.2 Å². The van der Waals surface area contributed by atoms with Crippen LogP contribution < -0.4 is 10.6 Å². The summed E-state index contributed by atoms with van der Waals surface area (Å²) in [7, 11) is 0. The van der Waals surface area contributed by atoms with E-state index < -0.39 is 5.97 Å². The first-order valence-corrected chi connectivity index (χ1v) is 9.77. The summed E-state index contributed by atoms with van der Waals surface area (Å²) in [5.41, 5.74) is 4.34. The third-order valence-electron chi connectivity index (χ3n) is 5.48. The number of hydrogen-bond donors (Lipinski definition) is 3. The Bertz CT molecular complexity index is 1110. The van der Waals surface area contributed by atoms with Crippen molar-refractivity contribution in [2.75, 3.05) is 10.6 Å². The van der Waals surface area contributed by atoms with Gasteiger partial charge in [-0.15, -0.1) is 0 Å². The average Bonchev–Trinajstić information content (AvgIpc) is 2.73. The molecule has 4 rings (SSSR count). The Morgan fingerprint density at radius 2 is 1.93 bits per heavy atom. The highest BCUT2D eigenvalue weighted by Crippen LogP contribution is 2.45. The first-order valence-electron chi connectivity index (χ1n) is 9.77. The number of carboxylic acids is 1. The van der Waals surface area contributed by atoms with Crippen LogP contribution in [0.3, 0.4) is 0 Å². The molecule has 2 heterocycles. The van der Waals surface area contributed by atoms with Crippen molar-refractivity contribution in [2.24, 2.45) is 5.41 Å². The zero-order valence-electron chi connectivity index (χ0n) is 16.8. The van der Waals surface area contributed by atoms with E-state index in [1.165, 1.54) is 6.20 Å². The molecule has 0 saturated carbocycles. The number of nitrogens with zero attached hydrogens (tertiary/aromatic N) is 1. The highest BCUT2D eigenvalue weighted by atomic mass is 16.4. The highest BCUT2D eigenvalue weighted by Gasteiger charge is 2.36. The highest BCUT2D eigenvalue weighted by molar-refractivity contribution is 6.04. The van der Waals surface area contributed by atoms with Crippen LogP contribution in [0.15, 0.2) is 67.0 Å². The van der Waals surface area contributed by atoms with Gasteiger partial charge in [0.2, 0.25) is 0 Å². The Labute approximate surface area is 175 Å². The molecule has 0 aliphatic carbocycles. The number of carbonyl (C=O) groups excluding carboxylic acids is 1. The van der Waals surface area contributed by atoms with Gasteiger partial charge >= 0.3 is 5.97 Å². The number of carbonyl (C=O) groups is 2. The summed E-state index contributed by atoms with van der Waals surface area (Å²) in [4.78, 5) is 27.8. The number of anilines is 2. The second-order valence-corrected chi connectivity index (χ2v) is 8.24. The van der Waals surface area contributed by atoms with Crippen LogP contribution in [0.4, 0.5) is 11.4 Å². The van der Waals surface area contributed by atoms with Crippen LogP contribution in [0.25, 0.3) is 0 Å². The Hall–Kier alpha value is -3.67. The van der Waals surface area contributed by atoms with Crippen molar-refractivity contribution >= 4 is 23.3 Å². The molecule has 2 aromatic carbocycles. The fourth-order valence-electron chi connectivity index (χ4n) is 3.99. The number of carboxylic acid groups (broad SMARTS) is 1. The lowest BCUT2D eigenvalue weighted by molar-refractivity contribution is 0.0696. The molecule has 30 heavy (non-hydrogen) atoms. The summed E-state index contributed by atoms with van der Waals surface area (Å²) >= 11 is 0. The van der Waals surface area contributed by atoms with Gasteiger partial charge in [-0.2, -0.15) is 0 Å². The van der Waals surface area contributed by atoms with Gasteiger partial charge in [-0.05, 0) is 65.4 Å². The van der Waals surface area contributed by atoms with Crippen molar-refractivity contribution in [2.45, 2.75) is 26.3 Å². The summed E-state index contributed by atoms with van der Waals surface area (Å²) in [6.45, 7) is 4.31. The van der Waals surface area contributed by atoms with Crippen molar-refractivity contribution in [1.82, 2.24) is 4.98 Å². The number of benzene rings is 2. The molecule has 0 saturated heterocycles. The normalized spacial score (nSPS) is 16.8. The smallest absolute Gasteiger partial charge is 0.335 e. The summed E-state index contributed by atoms with van der Waals surface area (Å²) < 4.78 is 0. The van der Waals surface area contributed by atoms with Gasteiger partial charge in [0.25, 0.3) is 5.91 Å². The molecule has 0 bridgehead atoms. The molecule has 1 aliphatic rings. The molecule has 0 spiro atoms. The maximum Gasteiger partial charge on any atom is 0.335 e. The van der Waals surface area contributed by atoms with Gasteiger partial charge in [0.05, 0.1) is 17.2 Å². The van der Waals surface area contributed by atoms with Crippen LogP contribution in [0.2, 0.25) is 0 Å². The van der Waals surface area contributed by atoms with Gasteiger partial charge in [0, 0.05) is 23.8 Å². The van der Waals surface area contributed by atoms with Gasteiger partial charge in [-0.25, -0.2) is 4.79 Å². The minimum Gasteiger partial charge on any atom is -0.478 e. The summed E-state index contributed by atoms with van der Waals surface area (Å²) in [5.74, 6) is -1.13. The third-order valence-corrected chi connectivity index (χ3v) is 5.48. The number of amides is 1. The van der Waals surface area contributed by atoms with Crippen molar-refractivity contribution in [3.63, 3.8) is 0 Å². The zero-order chi connectivity index (χ0) is 21.3. The lowest BCUT2D eigenvalue weighted by Crippen LogP contribution is -2.35. The van der Waals surface area contributed by atoms with Gasteiger partial charge < -0.3 is 15.7 Å². The van der Waals surface area contributed by atoms with E-state index in [2.05, 4.69) is 29.5 Å². The van der Waals surface area contributed by atoms with Gasteiger partial charge in [0.15, 0.2) is 0 Å². The van der Waals surface area contributed by atoms with Crippen LogP contribution >= 0.6 is 0 Å². The van der Waals surface area contributed by atoms with Gasteiger partial charge in [-0.1, -0.05) is 26.0 Å². The monoisotopic (exact) mass is 401 g/mol. The summed E-state index contributed by atoms with van der Waals surface area (Å²) in [6, 6.07) is 16.5. The van der Waals surface area contributed by atoms with E-state index in [-0.39, 0.29) is 17.4 Å². The Morgan fingerprint density at radius 1 is 1.10 bits per heavy atom. The lowest BCUT2D eigenvalue weighted by Gasteiger charge is -2.41. The van der Waals surface area contributed by atoms with Crippen molar-refractivity contribution in [3.8, 4) is 0 Å². The van der Waals surface area contributed by atoms with Crippen LogP contribution in [-0.4, -0.2) is 22.0 Å². The number of aromatic nitrogens is 1. The molecule has 1 aliphatic heterocycles. The third kappa shape index (κ3) is 3.89. The van der Waals surface area contributed by atoms with Crippen molar-refractivity contribution < 1.29 is 14.7 Å². The molecule has 1 atom stereocenters. The Kier molecular flexibility index (Phi) is 4.99. The predicted octanol–water partition coefficient (Wildman–Crippen LogP) is 4.77. The maximum absolute atomic E-state index is 12.5. The molecule has 6 heteroatoms. The number of rotatable bonds is 4. The quantitative estimate of drug-likeness (QED) is 0.586. The Balaban J connectivity index is 1.60. The molecule has 0 radical (unpaired) electrons. The topological polar surface area (TPSA) is 91.3 Å². The van der Waals surface area contributed by atoms with Crippen molar-refractivity contribution in [1.29, 1.82) is 0 Å².